The molecule has 0 amide bonds. The summed E-state index contributed by atoms with van der Waals surface area (Å²) in [4.78, 5) is 2.42. The van der Waals surface area contributed by atoms with Gasteiger partial charge in [-0.05, 0) is 0 Å². The third kappa shape index (κ3) is 3.91. The number of hydrogen-bond donors (Lipinski definition) is 0. The summed E-state index contributed by atoms with van der Waals surface area (Å²) in [6.07, 6.45) is 0. The first kappa shape index (κ1) is 10.9. The molecule has 0 atom stereocenters. The molecule has 0 aromatic carbocycles. The van der Waals surface area contributed by atoms with Gasteiger partial charge in [-0.15, -0.1) is 24.0 Å². The van der Waals surface area contributed by atoms with Crippen LogP contribution in [0.4, 0.5) is 0 Å². The zero-order chi connectivity index (χ0) is 6.53. The zero-order valence-electron chi connectivity index (χ0n) is 5.88. The Morgan fingerprint density at radius 1 is 1.30 bits per heavy atom. The highest BCUT2D eigenvalue weighted by molar-refractivity contribution is 7.99. The van der Waals surface area contributed by atoms with Crippen LogP contribution in [0.1, 0.15) is 0 Å². The van der Waals surface area contributed by atoms with Crippen molar-refractivity contribution in [3.8, 4) is 0 Å². The summed E-state index contributed by atoms with van der Waals surface area (Å²) < 4.78 is 0. The molecule has 1 fully saturated rings. The Labute approximate surface area is 77.9 Å². The maximum Gasteiger partial charge on any atom is 0.0351 e. The van der Waals surface area contributed by atoms with E-state index in [4.69, 9.17) is 11.6 Å². The maximum atomic E-state index is 5.59. The van der Waals surface area contributed by atoms with Crippen LogP contribution >= 0.6 is 35.8 Å². The molecule has 0 spiro atoms. The number of thioether (sulfide) groups is 1. The highest BCUT2D eigenvalue weighted by Crippen LogP contribution is 2.08. The lowest BCUT2D eigenvalue weighted by atomic mass is 10.5. The van der Waals surface area contributed by atoms with Crippen molar-refractivity contribution in [1.29, 1.82) is 0 Å². The first-order valence-electron chi connectivity index (χ1n) is 3.29. The van der Waals surface area contributed by atoms with Crippen LogP contribution in [0.15, 0.2) is 0 Å². The monoisotopic (exact) mass is 201 g/mol. The second kappa shape index (κ2) is 6.59. The predicted molar refractivity (Wildman–Crippen MR) is 51.7 cm³/mol. The summed E-state index contributed by atoms with van der Waals surface area (Å²) in [5, 5.41) is 0. The molecule has 1 heterocycles. The highest BCUT2D eigenvalue weighted by atomic mass is 35.5. The van der Waals surface area contributed by atoms with E-state index in [0.717, 1.165) is 12.4 Å². The summed E-state index contributed by atoms with van der Waals surface area (Å²) >= 11 is 7.63. The number of rotatable bonds is 2. The number of nitrogens with zero attached hydrogens (tertiary/aromatic N) is 1. The van der Waals surface area contributed by atoms with E-state index in [1.165, 1.54) is 24.6 Å². The summed E-state index contributed by atoms with van der Waals surface area (Å²) in [6, 6.07) is 0. The van der Waals surface area contributed by atoms with Gasteiger partial charge < -0.3 is 4.90 Å². The Balaban J connectivity index is 0.000000810. The summed E-state index contributed by atoms with van der Waals surface area (Å²) in [7, 11) is 0. The molecule has 1 aliphatic heterocycles. The van der Waals surface area contributed by atoms with E-state index in [-0.39, 0.29) is 12.4 Å². The lowest BCUT2D eigenvalue weighted by molar-refractivity contribution is 0.321. The lowest BCUT2D eigenvalue weighted by Crippen LogP contribution is -2.33. The fourth-order valence-electron chi connectivity index (χ4n) is 0.944. The quantitative estimate of drug-likeness (QED) is 0.627. The van der Waals surface area contributed by atoms with Crippen molar-refractivity contribution in [3.05, 3.63) is 0 Å². The van der Waals surface area contributed by atoms with Crippen LogP contribution in [0.25, 0.3) is 0 Å². The van der Waals surface area contributed by atoms with E-state index in [1.54, 1.807) is 0 Å². The first-order valence-corrected chi connectivity index (χ1v) is 4.98. The third-order valence-corrected chi connectivity index (χ3v) is 2.62. The molecule has 0 aromatic rings. The Hall–Kier alpha value is 0.890. The summed E-state index contributed by atoms with van der Waals surface area (Å²) in [6.45, 7) is 3.54. The van der Waals surface area contributed by atoms with E-state index in [2.05, 4.69) is 4.90 Å². The smallest absolute Gasteiger partial charge is 0.0351 e. The minimum absolute atomic E-state index is 0. The van der Waals surface area contributed by atoms with Crippen molar-refractivity contribution < 1.29 is 0 Å². The van der Waals surface area contributed by atoms with Gasteiger partial charge in [-0.25, -0.2) is 0 Å². The maximum absolute atomic E-state index is 5.59. The van der Waals surface area contributed by atoms with Crippen LogP contribution in [0.2, 0.25) is 0 Å². The Kier molecular flexibility index (Phi) is 7.18. The van der Waals surface area contributed by atoms with Crippen molar-refractivity contribution >= 4 is 35.8 Å². The molecule has 1 aliphatic rings. The van der Waals surface area contributed by atoms with Gasteiger partial charge in [0.1, 0.15) is 0 Å². The van der Waals surface area contributed by atoms with Crippen molar-refractivity contribution in [2.75, 3.05) is 37.0 Å². The molecule has 10 heavy (non-hydrogen) atoms. The summed E-state index contributed by atoms with van der Waals surface area (Å²) in [5.41, 5.74) is 0. The van der Waals surface area contributed by atoms with Crippen molar-refractivity contribution in [2.45, 2.75) is 0 Å². The van der Waals surface area contributed by atoms with Gasteiger partial charge in [-0.1, -0.05) is 0 Å². The van der Waals surface area contributed by atoms with Gasteiger partial charge in [0.15, 0.2) is 0 Å². The lowest BCUT2D eigenvalue weighted by Gasteiger charge is -2.24. The topological polar surface area (TPSA) is 3.24 Å². The van der Waals surface area contributed by atoms with Crippen LogP contribution in [0.5, 0.6) is 0 Å². The van der Waals surface area contributed by atoms with Crippen molar-refractivity contribution in [2.24, 2.45) is 0 Å². The van der Waals surface area contributed by atoms with Gasteiger partial charge in [-0.3, -0.25) is 0 Å². The molecule has 0 N–H and O–H groups in total. The molecule has 4 heteroatoms. The first-order chi connectivity index (χ1) is 4.43. The van der Waals surface area contributed by atoms with Crippen LogP contribution in [-0.4, -0.2) is 41.9 Å². The van der Waals surface area contributed by atoms with Gasteiger partial charge in [0.25, 0.3) is 0 Å². The predicted octanol–water partition coefficient (Wildman–Crippen LogP) is 1.70. The normalized spacial score (nSPS) is 20.1. The van der Waals surface area contributed by atoms with Gasteiger partial charge in [0.2, 0.25) is 0 Å². The molecule has 1 saturated heterocycles. The molecule has 0 saturated carbocycles. The average Bonchev–Trinajstić information content (AvgIpc) is 1.91. The Morgan fingerprint density at radius 3 is 2.40 bits per heavy atom. The van der Waals surface area contributed by atoms with Gasteiger partial charge in [0.05, 0.1) is 0 Å². The molecular weight excluding hydrogens is 189 g/mol. The fraction of sp³-hybridized carbons (Fsp3) is 1.00. The Morgan fingerprint density at radius 2 is 1.90 bits per heavy atom. The van der Waals surface area contributed by atoms with E-state index in [9.17, 15) is 0 Å². The standard InChI is InChI=1S/C6H12ClNS.ClH/c7-1-2-8-3-5-9-6-4-8;/h1-6H2;1H. The van der Waals surface area contributed by atoms with Crippen LogP contribution < -0.4 is 0 Å². The second-order valence-corrected chi connectivity index (χ2v) is 3.75. The van der Waals surface area contributed by atoms with Crippen LogP contribution in [0.3, 0.4) is 0 Å². The zero-order valence-corrected chi connectivity index (χ0v) is 8.27. The molecule has 0 bridgehead atoms. The van der Waals surface area contributed by atoms with E-state index < -0.39 is 0 Å². The van der Waals surface area contributed by atoms with E-state index >= 15 is 0 Å². The summed E-state index contributed by atoms with van der Waals surface area (Å²) in [5.74, 6) is 3.36. The molecule has 1 nitrogen and oxygen atoms in total. The number of alkyl halides is 1. The van der Waals surface area contributed by atoms with Crippen LogP contribution in [0, 0.1) is 0 Å². The molecule has 0 aromatic heterocycles. The van der Waals surface area contributed by atoms with E-state index in [1.807, 2.05) is 11.8 Å². The van der Waals surface area contributed by atoms with Gasteiger partial charge in [-0.2, -0.15) is 11.8 Å². The largest absolute Gasteiger partial charge is 0.301 e. The second-order valence-electron chi connectivity index (χ2n) is 2.14. The van der Waals surface area contributed by atoms with Crippen molar-refractivity contribution in [1.82, 2.24) is 4.90 Å². The van der Waals surface area contributed by atoms with Gasteiger partial charge in [0, 0.05) is 37.0 Å². The fourth-order valence-corrected chi connectivity index (χ4v) is 2.16. The SMILES string of the molecule is Cl.ClCCN1CCSCC1. The number of hydrogen-bond acceptors (Lipinski definition) is 2. The molecule has 62 valence electrons. The molecule has 0 aliphatic carbocycles. The molecule has 0 radical (unpaired) electrons. The third-order valence-electron chi connectivity index (χ3n) is 1.50. The minimum Gasteiger partial charge on any atom is -0.301 e. The molecule has 0 unspecified atom stereocenters. The number of halogens is 2. The van der Waals surface area contributed by atoms with E-state index in [0.29, 0.717) is 0 Å². The van der Waals surface area contributed by atoms with Crippen LogP contribution in [-0.2, 0) is 0 Å². The highest BCUT2D eigenvalue weighted by Gasteiger charge is 2.07. The minimum atomic E-state index is 0. The average molecular weight is 202 g/mol. The van der Waals surface area contributed by atoms with Crippen molar-refractivity contribution in [3.63, 3.8) is 0 Å². The molecule has 1 rings (SSSR count). The Bertz CT molecular complexity index is 73.4. The van der Waals surface area contributed by atoms with Gasteiger partial charge >= 0.3 is 0 Å². The molecular formula is C6H13Cl2NS.